The molecule has 0 radical (unpaired) electrons. The highest BCUT2D eigenvalue weighted by atomic mass is 16.3. The third-order valence-corrected chi connectivity index (χ3v) is 3.29. The first kappa shape index (κ1) is 11.7. The van der Waals surface area contributed by atoms with E-state index in [0.717, 1.165) is 12.0 Å². The number of benzene rings is 1. The molecule has 0 aromatic heterocycles. The monoisotopic (exact) mass is 231 g/mol. The Bertz CT molecular complexity index is 454. The van der Waals surface area contributed by atoms with E-state index >= 15 is 0 Å². The lowest BCUT2D eigenvalue weighted by atomic mass is 9.95. The number of aromatic hydroxyl groups is 1. The number of nitrogens with zero attached hydrogens (tertiary/aromatic N) is 1. The number of phenolic OH excluding ortho intramolecular Hbond substituents is 1. The molecular weight excluding hydrogens is 214 g/mol. The lowest BCUT2D eigenvalue weighted by Crippen LogP contribution is -2.32. The number of hydrogen-bond acceptors (Lipinski definition) is 2. The largest absolute Gasteiger partial charge is 0.508 e. The quantitative estimate of drug-likeness (QED) is 0.752. The molecule has 0 saturated heterocycles. The van der Waals surface area contributed by atoms with Crippen LogP contribution in [0.25, 0.3) is 0 Å². The Morgan fingerprint density at radius 1 is 1.59 bits per heavy atom. The summed E-state index contributed by atoms with van der Waals surface area (Å²) in [5, 5.41) is 9.52. The first-order valence-electron chi connectivity index (χ1n) is 5.85. The Labute approximate surface area is 101 Å². The summed E-state index contributed by atoms with van der Waals surface area (Å²) < 4.78 is 0. The first-order chi connectivity index (χ1) is 8.11. The molecule has 1 aromatic rings. The number of amides is 1. The zero-order valence-corrected chi connectivity index (χ0v) is 10.0. The maximum Gasteiger partial charge on any atom is 0.245 e. The third-order valence-electron chi connectivity index (χ3n) is 3.29. The number of hydrogen-bond donors (Lipinski definition) is 1. The van der Waals surface area contributed by atoms with Crippen LogP contribution in [0, 0.1) is 0 Å². The van der Waals surface area contributed by atoms with Gasteiger partial charge in [-0.2, -0.15) is 0 Å². The second-order valence-electron chi connectivity index (χ2n) is 4.52. The van der Waals surface area contributed by atoms with Gasteiger partial charge in [-0.1, -0.05) is 19.6 Å². The second kappa shape index (κ2) is 4.62. The normalized spacial score (nSPS) is 19.4. The molecular formula is C14H17NO2. The summed E-state index contributed by atoms with van der Waals surface area (Å²) >= 11 is 0. The summed E-state index contributed by atoms with van der Waals surface area (Å²) in [7, 11) is 0. The SMILES string of the molecule is C=CC(=O)N1CCc2ccc(O)cc2C(C)C1. The van der Waals surface area contributed by atoms with Crippen molar-refractivity contribution in [2.24, 2.45) is 0 Å². The van der Waals surface area contributed by atoms with Crippen molar-refractivity contribution in [1.29, 1.82) is 0 Å². The van der Waals surface area contributed by atoms with E-state index in [0.29, 0.717) is 18.8 Å². The van der Waals surface area contributed by atoms with Gasteiger partial charge in [-0.05, 0) is 41.7 Å². The molecule has 1 aliphatic heterocycles. The van der Waals surface area contributed by atoms with Gasteiger partial charge in [-0.15, -0.1) is 0 Å². The Hall–Kier alpha value is -1.77. The van der Waals surface area contributed by atoms with E-state index in [1.807, 2.05) is 17.0 Å². The molecule has 0 spiro atoms. The summed E-state index contributed by atoms with van der Waals surface area (Å²) in [6.07, 6.45) is 2.19. The molecule has 0 saturated carbocycles. The molecule has 1 aliphatic rings. The fourth-order valence-electron chi connectivity index (χ4n) is 2.37. The van der Waals surface area contributed by atoms with E-state index in [-0.39, 0.29) is 11.8 Å². The van der Waals surface area contributed by atoms with E-state index in [1.54, 1.807) is 6.07 Å². The molecule has 2 rings (SSSR count). The Balaban J connectivity index is 2.29. The van der Waals surface area contributed by atoms with Gasteiger partial charge in [-0.25, -0.2) is 0 Å². The summed E-state index contributed by atoms with van der Waals surface area (Å²) in [5.41, 5.74) is 2.36. The number of phenols is 1. The average molecular weight is 231 g/mol. The van der Waals surface area contributed by atoms with Crippen molar-refractivity contribution < 1.29 is 9.90 Å². The lowest BCUT2D eigenvalue weighted by molar-refractivity contribution is -0.126. The zero-order chi connectivity index (χ0) is 12.4. The predicted octanol–water partition coefficient (Wildman–Crippen LogP) is 2.07. The second-order valence-corrected chi connectivity index (χ2v) is 4.52. The van der Waals surface area contributed by atoms with Crippen LogP contribution in [0.3, 0.4) is 0 Å². The molecule has 0 bridgehead atoms. The molecule has 3 heteroatoms. The Kier molecular flexibility index (Phi) is 3.18. The number of rotatable bonds is 1. The van der Waals surface area contributed by atoms with E-state index < -0.39 is 0 Å². The van der Waals surface area contributed by atoms with Crippen molar-refractivity contribution in [1.82, 2.24) is 4.90 Å². The summed E-state index contributed by atoms with van der Waals surface area (Å²) in [6.45, 7) is 7.00. The van der Waals surface area contributed by atoms with Crippen molar-refractivity contribution in [3.63, 3.8) is 0 Å². The fourth-order valence-corrected chi connectivity index (χ4v) is 2.37. The van der Waals surface area contributed by atoms with E-state index in [4.69, 9.17) is 0 Å². The van der Waals surface area contributed by atoms with Crippen LogP contribution >= 0.6 is 0 Å². The lowest BCUT2D eigenvalue weighted by Gasteiger charge is -2.21. The highest BCUT2D eigenvalue weighted by Crippen LogP contribution is 2.28. The van der Waals surface area contributed by atoms with Crippen LogP contribution in [0.4, 0.5) is 0 Å². The molecule has 1 amide bonds. The van der Waals surface area contributed by atoms with E-state index in [1.165, 1.54) is 11.6 Å². The fraction of sp³-hybridized carbons (Fsp3) is 0.357. The molecule has 3 nitrogen and oxygen atoms in total. The average Bonchev–Trinajstić information content (AvgIpc) is 2.48. The maximum atomic E-state index is 11.6. The van der Waals surface area contributed by atoms with Crippen LogP contribution in [-0.4, -0.2) is 29.0 Å². The van der Waals surface area contributed by atoms with Gasteiger partial charge in [-0.3, -0.25) is 4.79 Å². The molecule has 90 valence electrons. The smallest absolute Gasteiger partial charge is 0.245 e. The van der Waals surface area contributed by atoms with Crippen LogP contribution in [-0.2, 0) is 11.2 Å². The van der Waals surface area contributed by atoms with Crippen molar-refractivity contribution in [3.05, 3.63) is 42.0 Å². The molecule has 1 atom stereocenters. The van der Waals surface area contributed by atoms with Crippen LogP contribution in [0.2, 0.25) is 0 Å². The summed E-state index contributed by atoms with van der Waals surface area (Å²) in [6, 6.07) is 5.46. The number of carbonyl (C=O) groups excluding carboxylic acids is 1. The van der Waals surface area contributed by atoms with Gasteiger partial charge in [0.05, 0.1) is 0 Å². The van der Waals surface area contributed by atoms with Crippen LogP contribution in [0.15, 0.2) is 30.9 Å². The van der Waals surface area contributed by atoms with Crippen molar-refractivity contribution in [2.75, 3.05) is 13.1 Å². The molecule has 1 heterocycles. The topological polar surface area (TPSA) is 40.5 Å². The van der Waals surface area contributed by atoms with Gasteiger partial charge < -0.3 is 10.0 Å². The maximum absolute atomic E-state index is 11.6. The zero-order valence-electron chi connectivity index (χ0n) is 10.0. The minimum atomic E-state index is -0.0196. The molecule has 17 heavy (non-hydrogen) atoms. The van der Waals surface area contributed by atoms with E-state index in [9.17, 15) is 9.90 Å². The van der Waals surface area contributed by atoms with Crippen molar-refractivity contribution >= 4 is 5.91 Å². The van der Waals surface area contributed by atoms with Crippen LogP contribution in [0.5, 0.6) is 5.75 Å². The minimum absolute atomic E-state index is 0.0196. The van der Waals surface area contributed by atoms with Gasteiger partial charge in [0.1, 0.15) is 5.75 Å². The van der Waals surface area contributed by atoms with Crippen molar-refractivity contribution in [2.45, 2.75) is 19.3 Å². The Morgan fingerprint density at radius 3 is 3.06 bits per heavy atom. The van der Waals surface area contributed by atoms with Crippen LogP contribution < -0.4 is 0 Å². The van der Waals surface area contributed by atoms with Gasteiger partial charge >= 0.3 is 0 Å². The Morgan fingerprint density at radius 2 is 2.35 bits per heavy atom. The van der Waals surface area contributed by atoms with Crippen molar-refractivity contribution in [3.8, 4) is 5.75 Å². The highest BCUT2D eigenvalue weighted by Gasteiger charge is 2.22. The van der Waals surface area contributed by atoms with Gasteiger partial charge in [0, 0.05) is 13.1 Å². The molecule has 0 aliphatic carbocycles. The standard InChI is InChI=1S/C14H17NO2/c1-3-14(17)15-7-6-11-4-5-12(16)8-13(11)10(2)9-15/h3-5,8,10,16H,1,6-7,9H2,2H3. The highest BCUT2D eigenvalue weighted by molar-refractivity contribution is 5.87. The number of carbonyl (C=O) groups is 1. The minimum Gasteiger partial charge on any atom is -0.508 e. The first-order valence-corrected chi connectivity index (χ1v) is 5.85. The predicted molar refractivity (Wildman–Crippen MR) is 67.0 cm³/mol. The van der Waals surface area contributed by atoms with E-state index in [2.05, 4.69) is 13.5 Å². The molecule has 1 unspecified atom stereocenters. The number of fused-ring (bicyclic) bond motifs is 1. The summed E-state index contributed by atoms with van der Waals surface area (Å²) in [5.74, 6) is 0.511. The molecule has 1 N–H and O–H groups in total. The van der Waals surface area contributed by atoms with Crippen LogP contribution in [0.1, 0.15) is 24.0 Å². The third kappa shape index (κ3) is 2.33. The molecule has 0 fully saturated rings. The van der Waals surface area contributed by atoms with Gasteiger partial charge in [0.15, 0.2) is 0 Å². The van der Waals surface area contributed by atoms with Gasteiger partial charge in [0.25, 0.3) is 0 Å². The molecule has 1 aromatic carbocycles. The summed E-state index contributed by atoms with van der Waals surface area (Å²) in [4.78, 5) is 13.5. The van der Waals surface area contributed by atoms with Gasteiger partial charge in [0.2, 0.25) is 5.91 Å².